The molecule has 0 aliphatic heterocycles. The maximum Gasteiger partial charge on any atom is 0.314 e. The normalized spacial score (nSPS) is 10.8. The number of hydrogen-bond acceptors (Lipinski definition) is 6. The number of hydrogen-bond donors (Lipinski definition) is 1. The van der Waals surface area contributed by atoms with E-state index < -0.39 is 12.0 Å². The van der Waals surface area contributed by atoms with Gasteiger partial charge in [0.05, 0.1) is 6.61 Å². The number of amides is 2. The van der Waals surface area contributed by atoms with Crippen molar-refractivity contribution >= 4 is 34.7 Å². The van der Waals surface area contributed by atoms with Crippen LogP contribution in [0.1, 0.15) is 54.4 Å². The molecule has 0 rings (SSSR count). The maximum absolute atomic E-state index is 12.4. The first kappa shape index (κ1) is 25.7. The van der Waals surface area contributed by atoms with Crippen LogP contribution in [0.15, 0.2) is 0 Å². The summed E-state index contributed by atoms with van der Waals surface area (Å²) in [5.41, 5.74) is 0. The molecule has 0 saturated carbocycles. The molecular formula is C17H32N2O5S. The minimum atomic E-state index is -0.779. The van der Waals surface area contributed by atoms with E-state index in [4.69, 9.17) is 4.74 Å². The topological polar surface area (TPSA) is 92.8 Å². The van der Waals surface area contributed by atoms with Crippen LogP contribution in [-0.4, -0.2) is 59.3 Å². The van der Waals surface area contributed by atoms with Crippen LogP contribution in [0.3, 0.4) is 0 Å². The zero-order valence-electron chi connectivity index (χ0n) is 16.2. The van der Waals surface area contributed by atoms with E-state index in [9.17, 15) is 19.2 Å². The highest BCUT2D eigenvalue weighted by Crippen LogP contribution is 2.11. The summed E-state index contributed by atoms with van der Waals surface area (Å²) < 4.78 is 4.70. The van der Waals surface area contributed by atoms with Gasteiger partial charge >= 0.3 is 5.97 Å². The Hall–Kier alpha value is -1.57. The summed E-state index contributed by atoms with van der Waals surface area (Å²) in [6, 6.07) is -0.779. The van der Waals surface area contributed by atoms with E-state index in [-0.39, 0.29) is 42.1 Å². The first-order chi connectivity index (χ1) is 11.9. The van der Waals surface area contributed by atoms with Crippen molar-refractivity contribution in [1.29, 1.82) is 0 Å². The Labute approximate surface area is 155 Å². The van der Waals surface area contributed by atoms with Gasteiger partial charge in [0, 0.05) is 25.3 Å². The average Bonchev–Trinajstić information content (AvgIpc) is 2.61. The fraction of sp³-hybridized carbons (Fsp3) is 0.765. The molecule has 8 heteroatoms. The Morgan fingerprint density at radius 3 is 2.04 bits per heavy atom. The van der Waals surface area contributed by atoms with Crippen LogP contribution in [0.4, 0.5) is 0 Å². The van der Waals surface area contributed by atoms with Crippen molar-refractivity contribution in [3.63, 3.8) is 0 Å². The van der Waals surface area contributed by atoms with Gasteiger partial charge < -0.3 is 15.0 Å². The van der Waals surface area contributed by atoms with Gasteiger partial charge in [0.2, 0.25) is 11.8 Å². The van der Waals surface area contributed by atoms with E-state index >= 15 is 0 Å². The predicted octanol–water partition coefficient (Wildman–Crippen LogP) is 1.99. The molecule has 0 heterocycles. The van der Waals surface area contributed by atoms with Gasteiger partial charge in [-0.2, -0.15) is 0 Å². The van der Waals surface area contributed by atoms with Crippen molar-refractivity contribution < 1.29 is 23.9 Å². The van der Waals surface area contributed by atoms with E-state index in [0.717, 1.165) is 11.8 Å². The molecule has 0 radical (unpaired) electrons. The van der Waals surface area contributed by atoms with Crippen LogP contribution < -0.4 is 5.32 Å². The molecule has 0 spiro atoms. The Balaban J connectivity index is 0. The summed E-state index contributed by atoms with van der Waals surface area (Å²) >= 11 is 0.856. The highest BCUT2D eigenvalue weighted by Gasteiger charge is 2.25. The standard InChI is InChI=1S/C15H26N2O5S.C2H6/c1-5-12(18)16-11(15(21)17(6-2)7-3)10-23-14(20)9-13(19)22-8-4;1-2/h11H,5-10H2,1-4H3,(H,16,18);1-2H3. The zero-order valence-corrected chi connectivity index (χ0v) is 17.0. The number of thioether (sulfide) groups is 1. The number of nitrogens with one attached hydrogen (secondary N) is 1. The SMILES string of the molecule is CC.CCOC(=O)CC(=O)SCC(NC(=O)CC)C(=O)N(CC)CC. The Morgan fingerprint density at radius 1 is 1.04 bits per heavy atom. The summed E-state index contributed by atoms with van der Waals surface area (Å²) in [7, 11) is 0. The number of carbonyl (C=O) groups excluding carboxylic acids is 4. The van der Waals surface area contributed by atoms with Crippen LogP contribution in [0.2, 0.25) is 0 Å². The van der Waals surface area contributed by atoms with Gasteiger partial charge in [0.15, 0.2) is 5.12 Å². The van der Waals surface area contributed by atoms with Crippen molar-refractivity contribution in [2.75, 3.05) is 25.4 Å². The van der Waals surface area contributed by atoms with Crippen molar-refractivity contribution in [1.82, 2.24) is 10.2 Å². The number of likely N-dealkylation sites (N-methyl/N-ethyl adjacent to an activating group) is 1. The first-order valence-corrected chi connectivity index (χ1v) is 9.77. The van der Waals surface area contributed by atoms with Gasteiger partial charge in [0.1, 0.15) is 12.5 Å². The molecule has 1 unspecified atom stereocenters. The Morgan fingerprint density at radius 2 is 1.60 bits per heavy atom. The van der Waals surface area contributed by atoms with Gasteiger partial charge in [-0.25, -0.2) is 0 Å². The van der Waals surface area contributed by atoms with Gasteiger partial charge in [-0.3, -0.25) is 19.2 Å². The molecule has 0 aliphatic rings. The minimum absolute atomic E-state index is 0.0965. The molecule has 0 saturated heterocycles. The third-order valence-corrected chi connectivity index (χ3v) is 4.00. The van der Waals surface area contributed by atoms with Crippen LogP contribution >= 0.6 is 11.8 Å². The number of esters is 1. The summed E-state index contributed by atoms with van der Waals surface area (Å²) in [5.74, 6) is -0.976. The number of carbonyl (C=O) groups is 4. The lowest BCUT2D eigenvalue weighted by molar-refractivity contribution is -0.144. The van der Waals surface area contributed by atoms with Gasteiger partial charge in [-0.1, -0.05) is 32.5 Å². The monoisotopic (exact) mass is 376 g/mol. The molecule has 0 fully saturated rings. The Bertz CT molecular complexity index is 425. The van der Waals surface area contributed by atoms with E-state index in [1.165, 1.54) is 0 Å². The first-order valence-electron chi connectivity index (χ1n) is 8.78. The van der Waals surface area contributed by atoms with Gasteiger partial charge in [-0.05, 0) is 20.8 Å². The predicted molar refractivity (Wildman–Crippen MR) is 100 cm³/mol. The minimum Gasteiger partial charge on any atom is -0.466 e. The average molecular weight is 377 g/mol. The molecule has 1 atom stereocenters. The maximum atomic E-state index is 12.4. The quantitative estimate of drug-likeness (QED) is 0.463. The molecule has 0 aromatic heterocycles. The lowest BCUT2D eigenvalue weighted by atomic mass is 10.2. The summed E-state index contributed by atoms with van der Waals surface area (Å²) in [6.07, 6.45) is -0.0874. The third kappa shape index (κ3) is 11.6. The lowest BCUT2D eigenvalue weighted by Crippen LogP contribution is -2.50. The second-order valence-electron chi connectivity index (χ2n) is 4.65. The molecule has 7 nitrogen and oxygen atoms in total. The molecule has 2 amide bonds. The second kappa shape index (κ2) is 15.9. The van der Waals surface area contributed by atoms with Crippen LogP contribution in [0.5, 0.6) is 0 Å². The van der Waals surface area contributed by atoms with Crippen molar-refractivity contribution in [2.24, 2.45) is 0 Å². The molecule has 25 heavy (non-hydrogen) atoms. The van der Waals surface area contributed by atoms with E-state index in [1.54, 1.807) is 18.7 Å². The smallest absolute Gasteiger partial charge is 0.314 e. The van der Waals surface area contributed by atoms with Gasteiger partial charge in [0.25, 0.3) is 0 Å². The summed E-state index contributed by atoms with van der Waals surface area (Å²) in [5, 5.41) is 2.25. The van der Waals surface area contributed by atoms with Crippen LogP contribution in [0, 0.1) is 0 Å². The summed E-state index contributed by atoms with van der Waals surface area (Å²) in [4.78, 5) is 48.6. The lowest BCUT2D eigenvalue weighted by Gasteiger charge is -2.25. The van der Waals surface area contributed by atoms with E-state index in [2.05, 4.69) is 5.32 Å². The summed E-state index contributed by atoms with van der Waals surface area (Å²) in [6.45, 7) is 12.3. The highest BCUT2D eigenvalue weighted by atomic mass is 32.2. The molecule has 0 aromatic rings. The molecule has 0 bridgehead atoms. The van der Waals surface area contributed by atoms with Crippen molar-refractivity contribution in [2.45, 2.75) is 60.4 Å². The number of ether oxygens (including phenoxy) is 1. The molecular weight excluding hydrogens is 344 g/mol. The Kier molecular flexibility index (Phi) is 16.4. The molecule has 146 valence electrons. The highest BCUT2D eigenvalue weighted by molar-refractivity contribution is 8.13. The fourth-order valence-electron chi connectivity index (χ4n) is 1.78. The number of rotatable bonds is 10. The van der Waals surface area contributed by atoms with E-state index in [1.807, 2.05) is 27.7 Å². The van der Waals surface area contributed by atoms with E-state index in [0.29, 0.717) is 13.1 Å². The van der Waals surface area contributed by atoms with Crippen molar-refractivity contribution in [3.05, 3.63) is 0 Å². The van der Waals surface area contributed by atoms with Crippen molar-refractivity contribution in [3.8, 4) is 0 Å². The second-order valence-corrected chi connectivity index (χ2v) is 5.73. The molecule has 1 N–H and O–H groups in total. The molecule has 0 aromatic carbocycles. The largest absolute Gasteiger partial charge is 0.466 e. The van der Waals surface area contributed by atoms with Crippen LogP contribution in [0.25, 0.3) is 0 Å². The zero-order chi connectivity index (χ0) is 19.8. The van der Waals surface area contributed by atoms with Crippen LogP contribution in [-0.2, 0) is 23.9 Å². The third-order valence-electron chi connectivity index (χ3n) is 3.03. The molecule has 0 aliphatic carbocycles. The van der Waals surface area contributed by atoms with Gasteiger partial charge in [-0.15, -0.1) is 0 Å². The fourth-order valence-corrected chi connectivity index (χ4v) is 2.58. The number of nitrogens with zero attached hydrogens (tertiary/aromatic N) is 1.